The van der Waals surface area contributed by atoms with E-state index in [1.165, 1.54) is 14.1 Å². The second kappa shape index (κ2) is 5.78. The van der Waals surface area contributed by atoms with Gasteiger partial charge in [0.15, 0.2) is 0 Å². The zero-order valence-corrected chi connectivity index (χ0v) is 12.5. The molecule has 7 nitrogen and oxygen atoms in total. The molecule has 0 atom stereocenters. The van der Waals surface area contributed by atoms with Gasteiger partial charge >= 0.3 is 0 Å². The SMILES string of the molecule is COc1ccc2nc(CCNS(=O)(=O)N(C)C)[nH]c2c1. The third-order valence-electron chi connectivity index (χ3n) is 2.87. The van der Waals surface area contributed by atoms with Crippen molar-refractivity contribution in [2.75, 3.05) is 27.7 Å². The van der Waals surface area contributed by atoms with Crippen LogP contribution in [0.3, 0.4) is 0 Å². The molecule has 0 spiro atoms. The maximum Gasteiger partial charge on any atom is 0.278 e. The average Bonchev–Trinajstić information content (AvgIpc) is 2.79. The number of hydrogen-bond donors (Lipinski definition) is 2. The fraction of sp³-hybridized carbons (Fsp3) is 0.417. The van der Waals surface area contributed by atoms with Crippen LogP contribution in [0.2, 0.25) is 0 Å². The smallest absolute Gasteiger partial charge is 0.278 e. The Morgan fingerprint density at radius 1 is 1.40 bits per heavy atom. The third kappa shape index (κ3) is 3.27. The quantitative estimate of drug-likeness (QED) is 0.813. The average molecular weight is 298 g/mol. The molecule has 8 heteroatoms. The highest BCUT2D eigenvalue weighted by Crippen LogP contribution is 2.18. The van der Waals surface area contributed by atoms with Crippen LogP contribution in [-0.2, 0) is 16.6 Å². The standard InChI is InChI=1S/C12H18N4O3S/c1-16(2)20(17,18)13-7-6-12-14-10-5-4-9(19-3)8-11(10)15-12/h4-5,8,13H,6-7H2,1-3H3,(H,14,15). The number of fused-ring (bicyclic) bond motifs is 1. The molecule has 20 heavy (non-hydrogen) atoms. The lowest BCUT2D eigenvalue weighted by Crippen LogP contribution is -2.36. The van der Waals surface area contributed by atoms with E-state index in [-0.39, 0.29) is 6.54 Å². The summed E-state index contributed by atoms with van der Waals surface area (Å²) < 4.78 is 31.8. The molecular weight excluding hydrogens is 280 g/mol. The molecule has 0 bridgehead atoms. The normalized spacial score (nSPS) is 12.2. The number of methoxy groups -OCH3 is 1. The van der Waals surface area contributed by atoms with Gasteiger partial charge in [0, 0.05) is 33.1 Å². The zero-order valence-electron chi connectivity index (χ0n) is 11.7. The number of aromatic amines is 1. The van der Waals surface area contributed by atoms with Crippen molar-refractivity contribution in [3.63, 3.8) is 0 Å². The first kappa shape index (κ1) is 14.8. The Kier molecular flexibility index (Phi) is 4.26. The van der Waals surface area contributed by atoms with Crippen molar-refractivity contribution in [2.45, 2.75) is 6.42 Å². The second-order valence-corrected chi connectivity index (χ2v) is 6.47. The summed E-state index contributed by atoms with van der Waals surface area (Å²) in [6.07, 6.45) is 0.490. The first-order chi connectivity index (χ1) is 9.42. The lowest BCUT2D eigenvalue weighted by molar-refractivity contribution is 0.415. The highest BCUT2D eigenvalue weighted by Gasteiger charge is 2.12. The van der Waals surface area contributed by atoms with Gasteiger partial charge in [-0.3, -0.25) is 0 Å². The van der Waals surface area contributed by atoms with Gasteiger partial charge in [-0.1, -0.05) is 0 Å². The van der Waals surface area contributed by atoms with E-state index >= 15 is 0 Å². The minimum atomic E-state index is -3.39. The van der Waals surface area contributed by atoms with E-state index in [1.54, 1.807) is 7.11 Å². The van der Waals surface area contributed by atoms with Gasteiger partial charge in [-0.05, 0) is 12.1 Å². The third-order valence-corrected chi connectivity index (χ3v) is 4.40. The van der Waals surface area contributed by atoms with E-state index in [0.29, 0.717) is 6.42 Å². The number of rotatable bonds is 6. The molecule has 2 N–H and O–H groups in total. The molecule has 0 fully saturated rings. The Bertz CT molecular complexity index is 694. The van der Waals surface area contributed by atoms with Crippen molar-refractivity contribution in [3.05, 3.63) is 24.0 Å². The van der Waals surface area contributed by atoms with Crippen LogP contribution in [0.4, 0.5) is 0 Å². The minimum absolute atomic E-state index is 0.289. The Labute approximate surface area is 118 Å². The number of nitrogens with zero attached hydrogens (tertiary/aromatic N) is 2. The molecule has 2 rings (SSSR count). The van der Waals surface area contributed by atoms with Crippen molar-refractivity contribution in [2.24, 2.45) is 0 Å². The van der Waals surface area contributed by atoms with Crippen LogP contribution in [0.5, 0.6) is 5.75 Å². The molecule has 1 aromatic heterocycles. The predicted molar refractivity (Wildman–Crippen MR) is 77.0 cm³/mol. The molecule has 1 aromatic carbocycles. The van der Waals surface area contributed by atoms with E-state index < -0.39 is 10.2 Å². The van der Waals surface area contributed by atoms with Crippen molar-refractivity contribution in [1.82, 2.24) is 19.0 Å². The number of benzene rings is 1. The first-order valence-corrected chi connectivity index (χ1v) is 7.56. The largest absolute Gasteiger partial charge is 0.497 e. The highest BCUT2D eigenvalue weighted by molar-refractivity contribution is 7.87. The molecular formula is C12H18N4O3S. The summed E-state index contributed by atoms with van der Waals surface area (Å²) in [4.78, 5) is 7.54. The van der Waals surface area contributed by atoms with Gasteiger partial charge in [-0.2, -0.15) is 12.7 Å². The van der Waals surface area contributed by atoms with Crippen LogP contribution in [0.25, 0.3) is 11.0 Å². The lowest BCUT2D eigenvalue weighted by atomic mass is 10.3. The maximum absolute atomic E-state index is 11.5. The fourth-order valence-electron chi connectivity index (χ4n) is 1.71. The van der Waals surface area contributed by atoms with Gasteiger partial charge in [0.05, 0.1) is 18.1 Å². The van der Waals surface area contributed by atoms with Gasteiger partial charge in [0.2, 0.25) is 0 Å². The zero-order chi connectivity index (χ0) is 14.8. The van der Waals surface area contributed by atoms with Crippen molar-refractivity contribution < 1.29 is 13.2 Å². The Hall–Kier alpha value is -1.64. The monoisotopic (exact) mass is 298 g/mol. The summed E-state index contributed by atoms with van der Waals surface area (Å²) in [7, 11) is 1.18. The molecule has 0 saturated heterocycles. The summed E-state index contributed by atoms with van der Waals surface area (Å²) in [6, 6.07) is 5.55. The molecule has 0 unspecified atom stereocenters. The van der Waals surface area contributed by atoms with Crippen LogP contribution >= 0.6 is 0 Å². The van der Waals surface area contributed by atoms with Crippen molar-refractivity contribution in [1.29, 1.82) is 0 Å². The molecule has 0 aliphatic carbocycles. The maximum atomic E-state index is 11.5. The van der Waals surface area contributed by atoms with Gasteiger partial charge in [0.25, 0.3) is 10.2 Å². The predicted octanol–water partition coefficient (Wildman–Crippen LogP) is 0.510. The second-order valence-electron chi connectivity index (χ2n) is 4.50. The van der Waals surface area contributed by atoms with Crippen LogP contribution in [0.15, 0.2) is 18.2 Å². The molecule has 0 radical (unpaired) electrons. The number of nitrogens with one attached hydrogen (secondary N) is 2. The summed E-state index contributed by atoms with van der Waals surface area (Å²) in [5, 5.41) is 0. The molecule has 0 amide bonds. The van der Waals surface area contributed by atoms with Crippen LogP contribution in [0.1, 0.15) is 5.82 Å². The summed E-state index contributed by atoms with van der Waals surface area (Å²) in [6.45, 7) is 0.289. The van der Waals surface area contributed by atoms with Gasteiger partial charge in [-0.25, -0.2) is 9.71 Å². The fourth-order valence-corrected chi connectivity index (χ4v) is 2.33. The number of aromatic nitrogens is 2. The van der Waals surface area contributed by atoms with Gasteiger partial charge in [-0.15, -0.1) is 0 Å². The van der Waals surface area contributed by atoms with E-state index in [2.05, 4.69) is 14.7 Å². The highest BCUT2D eigenvalue weighted by atomic mass is 32.2. The van der Waals surface area contributed by atoms with Gasteiger partial charge in [0.1, 0.15) is 11.6 Å². The molecule has 110 valence electrons. The van der Waals surface area contributed by atoms with E-state index in [1.807, 2.05) is 18.2 Å². The van der Waals surface area contributed by atoms with E-state index in [9.17, 15) is 8.42 Å². The lowest BCUT2D eigenvalue weighted by Gasteiger charge is -2.11. The first-order valence-electron chi connectivity index (χ1n) is 6.12. The van der Waals surface area contributed by atoms with E-state index in [0.717, 1.165) is 26.9 Å². The topological polar surface area (TPSA) is 87.3 Å². The van der Waals surface area contributed by atoms with Crippen LogP contribution < -0.4 is 9.46 Å². The molecule has 1 heterocycles. The van der Waals surface area contributed by atoms with E-state index in [4.69, 9.17) is 4.74 Å². The van der Waals surface area contributed by atoms with Gasteiger partial charge < -0.3 is 9.72 Å². The molecule has 0 aliphatic heterocycles. The minimum Gasteiger partial charge on any atom is -0.497 e. The molecule has 2 aromatic rings. The Morgan fingerprint density at radius 3 is 2.80 bits per heavy atom. The Morgan fingerprint density at radius 2 is 2.15 bits per heavy atom. The number of imidazole rings is 1. The summed E-state index contributed by atoms with van der Waals surface area (Å²) in [5.74, 6) is 1.48. The molecule has 0 aliphatic rings. The Balaban J connectivity index is 2.04. The summed E-state index contributed by atoms with van der Waals surface area (Å²) >= 11 is 0. The summed E-state index contributed by atoms with van der Waals surface area (Å²) in [5.41, 5.74) is 1.70. The van der Waals surface area contributed by atoms with Crippen molar-refractivity contribution in [3.8, 4) is 5.75 Å². The molecule has 0 saturated carbocycles. The van der Waals surface area contributed by atoms with Crippen LogP contribution in [-0.4, -0.2) is 50.4 Å². The van der Waals surface area contributed by atoms with Crippen LogP contribution in [0, 0.1) is 0 Å². The number of hydrogen-bond acceptors (Lipinski definition) is 4. The number of H-pyrrole nitrogens is 1. The van der Waals surface area contributed by atoms with Crippen molar-refractivity contribution >= 4 is 21.2 Å². The number of ether oxygens (including phenoxy) is 1.